The number of hydrogen-bond donors (Lipinski definition) is 1. The predicted molar refractivity (Wildman–Crippen MR) is 82.9 cm³/mol. The van der Waals surface area contributed by atoms with Gasteiger partial charge in [-0.05, 0) is 41.6 Å². The number of hydrogen-bond acceptors (Lipinski definition) is 3. The van der Waals surface area contributed by atoms with E-state index >= 15 is 0 Å². The van der Waals surface area contributed by atoms with Crippen LogP contribution in [0.4, 0.5) is 0 Å². The Morgan fingerprint density at radius 3 is 3.05 bits per heavy atom. The standard InChI is InChI=1S/C15H16BrNOS/c1-2-17-13-8-15(10-5-6-19-9-10)18-14-4-3-11(16)7-12(13)14/h3-7,9,13,15,17H,2,8H2,1H3. The predicted octanol–water partition coefficient (Wildman–Crippen LogP) is 4.69. The quantitative estimate of drug-likeness (QED) is 0.877. The van der Waals surface area contributed by atoms with E-state index in [1.165, 1.54) is 11.1 Å². The molecule has 0 aliphatic carbocycles. The van der Waals surface area contributed by atoms with Crippen molar-refractivity contribution in [3.05, 3.63) is 50.6 Å². The van der Waals surface area contributed by atoms with Crippen molar-refractivity contribution in [2.45, 2.75) is 25.5 Å². The van der Waals surface area contributed by atoms with Crippen molar-refractivity contribution < 1.29 is 4.74 Å². The third-order valence-corrected chi connectivity index (χ3v) is 4.63. The van der Waals surface area contributed by atoms with Gasteiger partial charge in [0.25, 0.3) is 0 Å². The van der Waals surface area contributed by atoms with Crippen LogP contribution in [0, 0.1) is 0 Å². The lowest BCUT2D eigenvalue weighted by Crippen LogP contribution is -2.28. The number of benzene rings is 1. The van der Waals surface area contributed by atoms with Crippen LogP contribution in [0.15, 0.2) is 39.5 Å². The second kappa shape index (κ2) is 5.65. The van der Waals surface area contributed by atoms with E-state index in [0.717, 1.165) is 23.2 Å². The number of rotatable bonds is 3. The lowest BCUT2D eigenvalue weighted by molar-refractivity contribution is 0.152. The van der Waals surface area contributed by atoms with Crippen molar-refractivity contribution in [3.63, 3.8) is 0 Å². The average Bonchev–Trinajstić information content (AvgIpc) is 2.93. The minimum atomic E-state index is 0.156. The Balaban J connectivity index is 1.95. The van der Waals surface area contributed by atoms with E-state index < -0.39 is 0 Å². The van der Waals surface area contributed by atoms with Gasteiger partial charge in [-0.3, -0.25) is 0 Å². The van der Waals surface area contributed by atoms with Gasteiger partial charge in [0, 0.05) is 28.1 Å². The van der Waals surface area contributed by atoms with Crippen LogP contribution in [0.5, 0.6) is 5.75 Å². The Labute approximate surface area is 125 Å². The molecular formula is C15H16BrNOS. The first-order valence-corrected chi connectivity index (χ1v) is 8.23. The zero-order chi connectivity index (χ0) is 13.2. The van der Waals surface area contributed by atoms with Gasteiger partial charge < -0.3 is 10.1 Å². The molecule has 2 heterocycles. The van der Waals surface area contributed by atoms with Crippen LogP contribution >= 0.6 is 27.3 Å². The summed E-state index contributed by atoms with van der Waals surface area (Å²) in [5.41, 5.74) is 2.53. The van der Waals surface area contributed by atoms with Crippen molar-refractivity contribution in [2.24, 2.45) is 0 Å². The fourth-order valence-corrected chi connectivity index (χ4v) is 3.62. The molecule has 0 saturated carbocycles. The second-order valence-corrected chi connectivity index (χ2v) is 6.39. The highest BCUT2D eigenvalue weighted by Crippen LogP contribution is 2.42. The molecule has 1 aliphatic rings. The van der Waals surface area contributed by atoms with E-state index in [1.54, 1.807) is 11.3 Å². The van der Waals surface area contributed by atoms with Gasteiger partial charge in [0.1, 0.15) is 11.9 Å². The van der Waals surface area contributed by atoms with E-state index in [0.29, 0.717) is 6.04 Å². The molecule has 1 aromatic heterocycles. The number of fused-ring (bicyclic) bond motifs is 1. The zero-order valence-electron chi connectivity index (χ0n) is 10.7. The summed E-state index contributed by atoms with van der Waals surface area (Å²) in [7, 11) is 0. The average molecular weight is 338 g/mol. The first-order chi connectivity index (χ1) is 9.28. The summed E-state index contributed by atoms with van der Waals surface area (Å²) in [6.45, 7) is 3.11. The van der Waals surface area contributed by atoms with E-state index in [9.17, 15) is 0 Å². The van der Waals surface area contributed by atoms with Crippen molar-refractivity contribution in [1.29, 1.82) is 0 Å². The van der Waals surface area contributed by atoms with E-state index in [2.05, 4.69) is 57.1 Å². The first-order valence-electron chi connectivity index (χ1n) is 6.49. The molecule has 0 amide bonds. The second-order valence-electron chi connectivity index (χ2n) is 4.69. The van der Waals surface area contributed by atoms with Crippen LogP contribution in [0.25, 0.3) is 0 Å². The van der Waals surface area contributed by atoms with Crippen LogP contribution in [0.3, 0.4) is 0 Å². The lowest BCUT2D eigenvalue weighted by atomic mass is 9.94. The van der Waals surface area contributed by atoms with E-state index in [1.807, 2.05) is 6.07 Å². The van der Waals surface area contributed by atoms with Crippen molar-refractivity contribution in [1.82, 2.24) is 5.32 Å². The summed E-state index contributed by atoms with van der Waals surface area (Å²) in [5.74, 6) is 0.997. The SMILES string of the molecule is CCNC1CC(c2ccsc2)Oc2ccc(Br)cc21. The molecule has 4 heteroatoms. The fraction of sp³-hybridized carbons (Fsp3) is 0.333. The van der Waals surface area contributed by atoms with Gasteiger partial charge in [-0.15, -0.1) is 0 Å². The molecule has 19 heavy (non-hydrogen) atoms. The van der Waals surface area contributed by atoms with Gasteiger partial charge in [-0.25, -0.2) is 0 Å². The Kier molecular flexibility index (Phi) is 3.91. The molecule has 100 valence electrons. The van der Waals surface area contributed by atoms with Crippen LogP contribution < -0.4 is 10.1 Å². The molecule has 0 saturated heterocycles. The summed E-state index contributed by atoms with van der Waals surface area (Å²) in [6.07, 6.45) is 1.14. The Morgan fingerprint density at radius 1 is 1.42 bits per heavy atom. The van der Waals surface area contributed by atoms with Crippen LogP contribution in [0.1, 0.15) is 36.6 Å². The molecule has 2 atom stereocenters. The normalized spacial score (nSPS) is 21.8. The number of thiophene rings is 1. The molecule has 2 unspecified atom stereocenters. The van der Waals surface area contributed by atoms with Crippen molar-refractivity contribution in [2.75, 3.05) is 6.54 Å². The lowest BCUT2D eigenvalue weighted by Gasteiger charge is -2.32. The molecule has 0 bridgehead atoms. The fourth-order valence-electron chi connectivity index (χ4n) is 2.54. The smallest absolute Gasteiger partial charge is 0.126 e. The van der Waals surface area contributed by atoms with E-state index in [-0.39, 0.29) is 6.10 Å². The Morgan fingerprint density at radius 2 is 2.32 bits per heavy atom. The highest BCUT2D eigenvalue weighted by Gasteiger charge is 2.29. The molecule has 1 aliphatic heterocycles. The molecule has 0 radical (unpaired) electrons. The van der Waals surface area contributed by atoms with Gasteiger partial charge in [-0.1, -0.05) is 22.9 Å². The number of halogens is 1. The Bertz CT molecular complexity index is 555. The Hall–Kier alpha value is -0.840. The van der Waals surface area contributed by atoms with Gasteiger partial charge in [-0.2, -0.15) is 11.3 Å². The van der Waals surface area contributed by atoms with Crippen molar-refractivity contribution in [3.8, 4) is 5.75 Å². The van der Waals surface area contributed by atoms with Gasteiger partial charge >= 0.3 is 0 Å². The molecule has 3 rings (SSSR count). The third-order valence-electron chi connectivity index (χ3n) is 3.43. The molecule has 0 spiro atoms. The number of nitrogens with one attached hydrogen (secondary N) is 1. The van der Waals surface area contributed by atoms with Gasteiger partial charge in [0.15, 0.2) is 0 Å². The molecule has 1 N–H and O–H groups in total. The van der Waals surface area contributed by atoms with Gasteiger partial charge in [0.2, 0.25) is 0 Å². The maximum Gasteiger partial charge on any atom is 0.126 e. The van der Waals surface area contributed by atoms with Crippen LogP contribution in [-0.2, 0) is 0 Å². The monoisotopic (exact) mass is 337 g/mol. The molecular weight excluding hydrogens is 322 g/mol. The number of ether oxygens (including phenoxy) is 1. The summed E-state index contributed by atoms with van der Waals surface area (Å²) in [5, 5.41) is 7.85. The highest BCUT2D eigenvalue weighted by atomic mass is 79.9. The highest BCUT2D eigenvalue weighted by molar-refractivity contribution is 9.10. The van der Waals surface area contributed by atoms with Crippen LogP contribution in [-0.4, -0.2) is 6.54 Å². The largest absolute Gasteiger partial charge is 0.485 e. The summed E-state index contributed by atoms with van der Waals surface area (Å²) in [4.78, 5) is 0. The molecule has 2 aromatic rings. The topological polar surface area (TPSA) is 21.3 Å². The zero-order valence-corrected chi connectivity index (χ0v) is 13.1. The minimum Gasteiger partial charge on any atom is -0.485 e. The van der Waals surface area contributed by atoms with Gasteiger partial charge in [0.05, 0.1) is 0 Å². The summed E-state index contributed by atoms with van der Waals surface area (Å²) < 4.78 is 7.26. The van der Waals surface area contributed by atoms with E-state index in [4.69, 9.17) is 4.74 Å². The summed E-state index contributed by atoms with van der Waals surface area (Å²) in [6, 6.07) is 8.77. The van der Waals surface area contributed by atoms with Crippen LogP contribution in [0.2, 0.25) is 0 Å². The molecule has 0 fully saturated rings. The maximum absolute atomic E-state index is 6.15. The third kappa shape index (κ3) is 2.71. The maximum atomic E-state index is 6.15. The van der Waals surface area contributed by atoms with Crippen molar-refractivity contribution >= 4 is 27.3 Å². The summed E-state index contributed by atoms with van der Waals surface area (Å²) >= 11 is 5.26. The minimum absolute atomic E-state index is 0.156. The molecule has 1 aromatic carbocycles. The molecule has 2 nitrogen and oxygen atoms in total. The first kappa shape index (κ1) is 13.2.